The Labute approximate surface area is 99.5 Å². The molecule has 0 saturated heterocycles. The Morgan fingerprint density at radius 3 is 2.75 bits per heavy atom. The molecule has 0 aromatic carbocycles. The average Bonchev–Trinajstić information content (AvgIpc) is 2.73. The summed E-state index contributed by atoms with van der Waals surface area (Å²) in [6.45, 7) is 2.45. The van der Waals surface area contributed by atoms with E-state index in [-0.39, 0.29) is 11.8 Å². The van der Waals surface area contributed by atoms with Gasteiger partial charge in [0.05, 0.1) is 6.54 Å². The number of amides is 1. The zero-order valence-corrected chi connectivity index (χ0v) is 10.3. The summed E-state index contributed by atoms with van der Waals surface area (Å²) in [5.41, 5.74) is 0. The first kappa shape index (κ1) is 11.5. The van der Waals surface area contributed by atoms with Gasteiger partial charge in [0.1, 0.15) is 10.0 Å². The van der Waals surface area contributed by atoms with Crippen LogP contribution in [0, 0.1) is 12.8 Å². The smallest absolute Gasteiger partial charge is 0.223 e. The van der Waals surface area contributed by atoms with Crippen LogP contribution in [0.4, 0.5) is 0 Å². The lowest BCUT2D eigenvalue weighted by atomic mass is 9.89. The third kappa shape index (κ3) is 3.01. The molecule has 0 spiro atoms. The molecule has 0 radical (unpaired) electrons. The Bertz CT molecular complexity index is 358. The highest BCUT2D eigenvalue weighted by atomic mass is 32.1. The summed E-state index contributed by atoms with van der Waals surface area (Å²) in [7, 11) is 0. The van der Waals surface area contributed by atoms with Crippen molar-refractivity contribution in [1.82, 2.24) is 15.5 Å². The highest BCUT2D eigenvalue weighted by Crippen LogP contribution is 2.23. The van der Waals surface area contributed by atoms with Crippen molar-refractivity contribution in [3.05, 3.63) is 10.0 Å². The number of hydrogen-bond donors (Lipinski definition) is 1. The number of hydrogen-bond acceptors (Lipinski definition) is 4. The zero-order chi connectivity index (χ0) is 11.4. The molecule has 1 heterocycles. The number of nitrogens with zero attached hydrogens (tertiary/aromatic N) is 2. The van der Waals surface area contributed by atoms with Crippen molar-refractivity contribution < 1.29 is 4.79 Å². The van der Waals surface area contributed by atoms with Crippen molar-refractivity contribution in [3.8, 4) is 0 Å². The van der Waals surface area contributed by atoms with Crippen LogP contribution < -0.4 is 5.32 Å². The lowest BCUT2D eigenvalue weighted by Crippen LogP contribution is -2.31. The SMILES string of the molecule is Cc1nnc(CNC(=O)C2CCCCC2)s1. The van der Waals surface area contributed by atoms with Crippen LogP contribution in [0.15, 0.2) is 0 Å². The van der Waals surface area contributed by atoms with Crippen LogP contribution >= 0.6 is 11.3 Å². The van der Waals surface area contributed by atoms with Gasteiger partial charge in [-0.05, 0) is 19.8 Å². The van der Waals surface area contributed by atoms with Crippen molar-refractivity contribution in [2.45, 2.75) is 45.6 Å². The van der Waals surface area contributed by atoms with E-state index in [1.54, 1.807) is 0 Å². The lowest BCUT2D eigenvalue weighted by Gasteiger charge is -2.20. The van der Waals surface area contributed by atoms with Crippen molar-refractivity contribution >= 4 is 17.2 Å². The molecule has 16 heavy (non-hydrogen) atoms. The molecule has 1 aliphatic rings. The van der Waals surface area contributed by atoms with Crippen LogP contribution in [-0.4, -0.2) is 16.1 Å². The van der Waals surface area contributed by atoms with Crippen molar-refractivity contribution in [2.24, 2.45) is 5.92 Å². The standard InChI is InChI=1S/C11H17N3OS/c1-8-13-14-10(16-8)7-12-11(15)9-5-3-2-4-6-9/h9H,2-7H2,1H3,(H,12,15). The molecule has 5 heteroatoms. The second-order valence-corrected chi connectivity index (χ2v) is 5.53. The van der Waals surface area contributed by atoms with Gasteiger partial charge in [-0.1, -0.05) is 30.6 Å². The Morgan fingerprint density at radius 2 is 2.12 bits per heavy atom. The molecule has 0 atom stereocenters. The van der Waals surface area contributed by atoms with Crippen LogP contribution in [0.25, 0.3) is 0 Å². The van der Waals surface area contributed by atoms with Gasteiger partial charge in [0.15, 0.2) is 0 Å². The van der Waals surface area contributed by atoms with E-state index in [1.807, 2.05) is 6.92 Å². The molecule has 1 N–H and O–H groups in total. The van der Waals surface area contributed by atoms with Crippen molar-refractivity contribution in [3.63, 3.8) is 0 Å². The summed E-state index contributed by atoms with van der Waals surface area (Å²) in [6, 6.07) is 0. The van der Waals surface area contributed by atoms with E-state index in [1.165, 1.54) is 30.6 Å². The van der Waals surface area contributed by atoms with Gasteiger partial charge in [0, 0.05) is 5.92 Å². The second kappa shape index (κ2) is 5.39. The van der Waals surface area contributed by atoms with Gasteiger partial charge in [-0.25, -0.2) is 0 Å². The first-order chi connectivity index (χ1) is 7.75. The summed E-state index contributed by atoms with van der Waals surface area (Å²) >= 11 is 1.54. The maximum Gasteiger partial charge on any atom is 0.223 e. The minimum absolute atomic E-state index is 0.188. The van der Waals surface area contributed by atoms with Gasteiger partial charge in [0.25, 0.3) is 0 Å². The predicted octanol–water partition coefficient (Wildman–Crippen LogP) is 2.04. The van der Waals surface area contributed by atoms with Crippen molar-refractivity contribution in [1.29, 1.82) is 0 Å². The molecule has 4 nitrogen and oxygen atoms in total. The molecule has 1 saturated carbocycles. The maximum atomic E-state index is 11.8. The van der Waals surface area contributed by atoms with Gasteiger partial charge in [0.2, 0.25) is 5.91 Å². The highest BCUT2D eigenvalue weighted by molar-refractivity contribution is 7.11. The molecule has 1 amide bonds. The fourth-order valence-electron chi connectivity index (χ4n) is 2.08. The summed E-state index contributed by atoms with van der Waals surface area (Å²) in [4.78, 5) is 11.8. The van der Waals surface area contributed by atoms with Gasteiger partial charge in [-0.15, -0.1) is 10.2 Å². The molecule has 2 rings (SSSR count). The zero-order valence-electron chi connectivity index (χ0n) is 9.53. The van der Waals surface area contributed by atoms with E-state index in [0.29, 0.717) is 6.54 Å². The highest BCUT2D eigenvalue weighted by Gasteiger charge is 2.20. The Morgan fingerprint density at radius 1 is 1.38 bits per heavy atom. The summed E-state index contributed by atoms with van der Waals surface area (Å²) in [5, 5.41) is 12.7. The molecule has 88 valence electrons. The second-order valence-electron chi connectivity index (χ2n) is 4.27. The minimum atomic E-state index is 0.188. The third-order valence-corrected chi connectivity index (χ3v) is 3.80. The quantitative estimate of drug-likeness (QED) is 0.878. The number of aryl methyl sites for hydroxylation is 1. The van der Waals surface area contributed by atoms with Gasteiger partial charge in [-0.2, -0.15) is 0 Å². The average molecular weight is 239 g/mol. The molecule has 0 unspecified atom stereocenters. The van der Waals surface area contributed by atoms with Crippen LogP contribution in [0.2, 0.25) is 0 Å². The van der Waals surface area contributed by atoms with E-state index >= 15 is 0 Å². The van der Waals surface area contributed by atoms with Crippen LogP contribution in [0.1, 0.15) is 42.1 Å². The van der Waals surface area contributed by atoms with E-state index in [4.69, 9.17) is 0 Å². The number of nitrogens with one attached hydrogen (secondary N) is 1. The fourth-order valence-corrected chi connectivity index (χ4v) is 2.73. The molecule has 1 aliphatic carbocycles. The molecule has 1 aromatic heterocycles. The molecule has 0 aliphatic heterocycles. The number of aromatic nitrogens is 2. The van der Waals surface area contributed by atoms with Crippen molar-refractivity contribution in [2.75, 3.05) is 0 Å². The Hall–Kier alpha value is -0.970. The normalized spacial score (nSPS) is 17.3. The Balaban J connectivity index is 1.78. The maximum absolute atomic E-state index is 11.8. The Kier molecular flexibility index (Phi) is 3.88. The molecule has 1 aromatic rings. The minimum Gasteiger partial charge on any atom is -0.349 e. The summed E-state index contributed by atoms with van der Waals surface area (Å²) in [5.74, 6) is 0.412. The predicted molar refractivity (Wildman–Crippen MR) is 63.1 cm³/mol. The lowest BCUT2D eigenvalue weighted by molar-refractivity contribution is -0.126. The number of carbonyl (C=O) groups is 1. The van der Waals surface area contributed by atoms with Crippen LogP contribution in [0.3, 0.4) is 0 Å². The first-order valence-corrected chi connectivity index (χ1v) is 6.64. The van der Waals surface area contributed by atoms with Gasteiger partial charge < -0.3 is 5.32 Å². The molecule has 0 bridgehead atoms. The molecular formula is C11H17N3OS. The summed E-state index contributed by atoms with van der Waals surface area (Å²) in [6.07, 6.45) is 5.74. The third-order valence-electron chi connectivity index (χ3n) is 2.96. The van der Waals surface area contributed by atoms with Crippen LogP contribution in [-0.2, 0) is 11.3 Å². The van der Waals surface area contributed by atoms with E-state index < -0.39 is 0 Å². The summed E-state index contributed by atoms with van der Waals surface area (Å²) < 4.78 is 0. The van der Waals surface area contributed by atoms with E-state index in [0.717, 1.165) is 22.9 Å². The molecule has 1 fully saturated rings. The monoisotopic (exact) mass is 239 g/mol. The molecular weight excluding hydrogens is 222 g/mol. The number of carbonyl (C=O) groups excluding carboxylic acids is 1. The fraction of sp³-hybridized carbons (Fsp3) is 0.727. The van der Waals surface area contributed by atoms with E-state index in [2.05, 4.69) is 15.5 Å². The number of rotatable bonds is 3. The first-order valence-electron chi connectivity index (χ1n) is 5.82. The largest absolute Gasteiger partial charge is 0.349 e. The van der Waals surface area contributed by atoms with Gasteiger partial charge >= 0.3 is 0 Å². The van der Waals surface area contributed by atoms with Gasteiger partial charge in [-0.3, -0.25) is 4.79 Å². The van der Waals surface area contributed by atoms with Crippen LogP contribution in [0.5, 0.6) is 0 Å². The van der Waals surface area contributed by atoms with E-state index in [9.17, 15) is 4.79 Å². The topological polar surface area (TPSA) is 54.9 Å².